The molecular formula is C15H16N2O2S. The van der Waals surface area contributed by atoms with Gasteiger partial charge in [0.05, 0.1) is 5.69 Å². The molecule has 3 rings (SSSR count). The van der Waals surface area contributed by atoms with Crippen LogP contribution in [0.25, 0.3) is 0 Å². The summed E-state index contributed by atoms with van der Waals surface area (Å²) in [7, 11) is 0. The van der Waals surface area contributed by atoms with Crippen LogP contribution in [0.5, 0.6) is 5.75 Å². The maximum atomic E-state index is 11.6. The lowest BCUT2D eigenvalue weighted by molar-refractivity contribution is -0.122. The van der Waals surface area contributed by atoms with E-state index in [2.05, 4.69) is 29.7 Å². The predicted octanol–water partition coefficient (Wildman–Crippen LogP) is 3.39. The molecule has 0 bridgehead atoms. The van der Waals surface area contributed by atoms with Crippen LogP contribution in [0, 0.1) is 6.92 Å². The minimum atomic E-state index is -0.435. The fourth-order valence-electron chi connectivity index (χ4n) is 2.09. The summed E-state index contributed by atoms with van der Waals surface area (Å²) in [6, 6.07) is 9.98. The molecule has 1 unspecified atom stereocenters. The summed E-state index contributed by atoms with van der Waals surface area (Å²) in [5.41, 5.74) is 1.69. The molecule has 104 valence electrons. The fourth-order valence-corrected chi connectivity index (χ4v) is 2.92. The van der Waals surface area contributed by atoms with Crippen LogP contribution in [0.1, 0.15) is 16.7 Å². The van der Waals surface area contributed by atoms with Gasteiger partial charge in [-0.05, 0) is 44.2 Å². The highest BCUT2D eigenvalue weighted by atomic mass is 32.1. The van der Waals surface area contributed by atoms with Crippen molar-refractivity contribution in [3.8, 4) is 5.75 Å². The molecule has 0 saturated heterocycles. The summed E-state index contributed by atoms with van der Waals surface area (Å²) in [6.07, 6.45) is -0.435. The summed E-state index contributed by atoms with van der Waals surface area (Å²) in [6.45, 7) is 4.62. The Labute approximate surface area is 121 Å². The molecule has 1 atom stereocenters. The normalized spacial score (nSPS) is 17.1. The summed E-state index contributed by atoms with van der Waals surface area (Å²) >= 11 is 1.78. The van der Waals surface area contributed by atoms with Crippen molar-refractivity contribution in [3.63, 3.8) is 0 Å². The number of fused-ring (bicyclic) bond motifs is 1. The zero-order valence-electron chi connectivity index (χ0n) is 11.4. The van der Waals surface area contributed by atoms with Gasteiger partial charge in [0.2, 0.25) is 0 Å². The van der Waals surface area contributed by atoms with Crippen LogP contribution in [0.4, 0.5) is 11.4 Å². The second kappa shape index (κ2) is 5.17. The largest absolute Gasteiger partial charge is 0.479 e. The van der Waals surface area contributed by atoms with Gasteiger partial charge in [0.25, 0.3) is 5.91 Å². The molecular weight excluding hydrogens is 272 g/mol. The summed E-state index contributed by atoms with van der Waals surface area (Å²) < 4.78 is 5.53. The van der Waals surface area contributed by atoms with Crippen molar-refractivity contribution >= 4 is 28.6 Å². The number of benzene rings is 1. The molecule has 1 aromatic heterocycles. The van der Waals surface area contributed by atoms with Crippen molar-refractivity contribution in [2.45, 2.75) is 26.5 Å². The molecule has 1 aliphatic rings. The molecule has 2 N–H and O–H groups in total. The smallest absolute Gasteiger partial charge is 0.265 e. The maximum Gasteiger partial charge on any atom is 0.265 e. The van der Waals surface area contributed by atoms with Crippen LogP contribution in [-0.2, 0) is 11.3 Å². The summed E-state index contributed by atoms with van der Waals surface area (Å²) in [4.78, 5) is 14.2. The number of rotatable bonds is 3. The fraction of sp³-hybridized carbons (Fsp3) is 0.267. The van der Waals surface area contributed by atoms with Gasteiger partial charge in [-0.1, -0.05) is 0 Å². The highest BCUT2D eigenvalue weighted by Gasteiger charge is 2.23. The Hall–Kier alpha value is -2.01. The molecule has 2 aromatic rings. The molecule has 0 radical (unpaired) electrons. The zero-order chi connectivity index (χ0) is 14.1. The quantitative estimate of drug-likeness (QED) is 0.910. The van der Waals surface area contributed by atoms with Gasteiger partial charge in [-0.25, -0.2) is 0 Å². The SMILES string of the molecule is Cc1ccc(CNc2ccc3c(c2)NC(=O)C(C)O3)s1. The van der Waals surface area contributed by atoms with Gasteiger partial charge in [0, 0.05) is 22.0 Å². The van der Waals surface area contributed by atoms with E-state index in [9.17, 15) is 4.79 Å². The Kier molecular flexibility index (Phi) is 3.36. The monoisotopic (exact) mass is 288 g/mol. The number of aryl methyl sites for hydroxylation is 1. The number of carbonyl (C=O) groups excluding carboxylic acids is 1. The first-order valence-corrected chi connectivity index (χ1v) is 7.34. The van der Waals surface area contributed by atoms with Gasteiger partial charge in [-0.15, -0.1) is 11.3 Å². The minimum Gasteiger partial charge on any atom is -0.479 e. The third-order valence-electron chi connectivity index (χ3n) is 3.17. The van der Waals surface area contributed by atoms with Gasteiger partial charge in [-0.3, -0.25) is 4.79 Å². The van der Waals surface area contributed by atoms with Crippen molar-refractivity contribution in [1.29, 1.82) is 0 Å². The van der Waals surface area contributed by atoms with E-state index in [1.54, 1.807) is 18.3 Å². The van der Waals surface area contributed by atoms with Crippen LogP contribution >= 0.6 is 11.3 Å². The van der Waals surface area contributed by atoms with E-state index < -0.39 is 6.10 Å². The number of hydrogen-bond acceptors (Lipinski definition) is 4. The highest BCUT2D eigenvalue weighted by molar-refractivity contribution is 7.11. The van der Waals surface area contributed by atoms with E-state index in [0.29, 0.717) is 0 Å². The number of carbonyl (C=O) groups is 1. The van der Waals surface area contributed by atoms with Crippen molar-refractivity contribution in [2.24, 2.45) is 0 Å². The van der Waals surface area contributed by atoms with Gasteiger partial charge in [0.1, 0.15) is 5.75 Å². The van der Waals surface area contributed by atoms with E-state index in [4.69, 9.17) is 4.74 Å². The lowest BCUT2D eigenvalue weighted by Crippen LogP contribution is -2.34. The van der Waals surface area contributed by atoms with Crippen LogP contribution in [-0.4, -0.2) is 12.0 Å². The molecule has 0 saturated carbocycles. The maximum absolute atomic E-state index is 11.6. The Morgan fingerprint density at radius 2 is 2.20 bits per heavy atom. The molecule has 1 amide bonds. The van der Waals surface area contributed by atoms with Crippen molar-refractivity contribution in [3.05, 3.63) is 40.1 Å². The number of anilines is 2. The number of amides is 1. The van der Waals surface area contributed by atoms with E-state index in [1.165, 1.54) is 9.75 Å². The van der Waals surface area contributed by atoms with E-state index in [0.717, 1.165) is 23.7 Å². The van der Waals surface area contributed by atoms with Crippen molar-refractivity contribution in [1.82, 2.24) is 0 Å². The van der Waals surface area contributed by atoms with E-state index in [1.807, 2.05) is 18.2 Å². The number of ether oxygens (including phenoxy) is 1. The minimum absolute atomic E-state index is 0.108. The molecule has 2 heterocycles. The van der Waals surface area contributed by atoms with E-state index in [-0.39, 0.29) is 5.91 Å². The highest BCUT2D eigenvalue weighted by Crippen LogP contribution is 2.32. The molecule has 4 nitrogen and oxygen atoms in total. The zero-order valence-corrected chi connectivity index (χ0v) is 12.2. The Morgan fingerprint density at radius 1 is 1.35 bits per heavy atom. The lowest BCUT2D eigenvalue weighted by atomic mass is 10.2. The topological polar surface area (TPSA) is 50.4 Å². The molecule has 1 aromatic carbocycles. The first kappa shape index (κ1) is 13.0. The average Bonchev–Trinajstić information content (AvgIpc) is 2.84. The van der Waals surface area contributed by atoms with Crippen LogP contribution in [0.2, 0.25) is 0 Å². The van der Waals surface area contributed by atoms with Crippen molar-refractivity contribution < 1.29 is 9.53 Å². The molecule has 1 aliphatic heterocycles. The van der Waals surface area contributed by atoms with Crippen LogP contribution < -0.4 is 15.4 Å². The van der Waals surface area contributed by atoms with Gasteiger partial charge >= 0.3 is 0 Å². The number of hydrogen-bond donors (Lipinski definition) is 2. The lowest BCUT2D eigenvalue weighted by Gasteiger charge is -2.23. The van der Waals surface area contributed by atoms with Crippen molar-refractivity contribution in [2.75, 3.05) is 10.6 Å². The third-order valence-corrected chi connectivity index (χ3v) is 4.17. The predicted molar refractivity (Wildman–Crippen MR) is 81.5 cm³/mol. The second-order valence-corrected chi connectivity index (χ2v) is 6.20. The first-order chi connectivity index (χ1) is 9.61. The Morgan fingerprint density at radius 3 is 2.95 bits per heavy atom. The summed E-state index contributed by atoms with van der Waals surface area (Å²) in [5.74, 6) is 0.609. The van der Waals surface area contributed by atoms with Gasteiger partial charge in [0.15, 0.2) is 6.10 Å². The van der Waals surface area contributed by atoms with E-state index >= 15 is 0 Å². The van der Waals surface area contributed by atoms with Crippen LogP contribution in [0.3, 0.4) is 0 Å². The van der Waals surface area contributed by atoms with Gasteiger partial charge in [-0.2, -0.15) is 0 Å². The molecule has 0 spiro atoms. The number of thiophene rings is 1. The van der Waals surface area contributed by atoms with Gasteiger partial charge < -0.3 is 15.4 Å². The average molecular weight is 288 g/mol. The molecule has 5 heteroatoms. The first-order valence-electron chi connectivity index (χ1n) is 6.52. The number of nitrogens with one attached hydrogen (secondary N) is 2. The molecule has 20 heavy (non-hydrogen) atoms. The van der Waals surface area contributed by atoms with Crippen LogP contribution in [0.15, 0.2) is 30.3 Å². The Bertz CT molecular complexity index is 651. The molecule has 0 fully saturated rings. The Balaban J connectivity index is 1.72. The standard InChI is InChI=1S/C15H16N2O2S/c1-9-3-5-12(20-9)8-16-11-4-6-14-13(7-11)17-15(18)10(2)19-14/h3-7,10,16H,8H2,1-2H3,(H,17,18). The third kappa shape index (κ3) is 2.63. The summed E-state index contributed by atoms with van der Waals surface area (Å²) in [5, 5.41) is 6.21. The second-order valence-electron chi connectivity index (χ2n) is 4.83. The molecule has 0 aliphatic carbocycles.